The molecular weight excluding hydrogens is 272 g/mol. The first-order chi connectivity index (χ1) is 10.0. The molecule has 0 radical (unpaired) electrons. The lowest BCUT2D eigenvalue weighted by molar-refractivity contribution is -0.143. The largest absolute Gasteiger partial charge is 0.495 e. The summed E-state index contributed by atoms with van der Waals surface area (Å²) in [5.74, 6) is -0.707. The molecular formula is C15H20N2O4. The second kappa shape index (κ2) is 6.47. The van der Waals surface area contributed by atoms with Crippen molar-refractivity contribution in [1.29, 1.82) is 0 Å². The molecule has 0 saturated carbocycles. The van der Waals surface area contributed by atoms with Gasteiger partial charge in [0.05, 0.1) is 18.7 Å². The summed E-state index contributed by atoms with van der Waals surface area (Å²) in [7, 11) is 3.23. The van der Waals surface area contributed by atoms with Crippen LogP contribution < -0.4 is 9.64 Å². The van der Waals surface area contributed by atoms with Crippen molar-refractivity contribution in [3.8, 4) is 5.75 Å². The number of amides is 2. The number of para-hydroxylation sites is 2. The zero-order valence-electron chi connectivity index (χ0n) is 12.3. The lowest BCUT2D eigenvalue weighted by Gasteiger charge is -2.34. The Morgan fingerprint density at radius 3 is 2.76 bits per heavy atom. The highest BCUT2D eigenvalue weighted by atomic mass is 16.5. The molecule has 1 aliphatic heterocycles. The highest BCUT2D eigenvalue weighted by Crippen LogP contribution is 2.28. The summed E-state index contributed by atoms with van der Waals surface area (Å²) in [6, 6.07) is 7.05. The predicted molar refractivity (Wildman–Crippen MR) is 78.7 cm³/mol. The monoisotopic (exact) mass is 292 g/mol. The first kappa shape index (κ1) is 15.2. The van der Waals surface area contributed by atoms with Crippen LogP contribution in [0.1, 0.15) is 12.8 Å². The fraction of sp³-hybridized carbons (Fsp3) is 0.467. The number of methoxy groups -OCH3 is 1. The van der Waals surface area contributed by atoms with Crippen LogP contribution >= 0.6 is 0 Å². The molecule has 0 aliphatic carbocycles. The lowest BCUT2D eigenvalue weighted by atomic mass is 9.98. The summed E-state index contributed by atoms with van der Waals surface area (Å²) in [5.41, 5.74) is 0.669. The Balaban J connectivity index is 2.13. The van der Waals surface area contributed by atoms with Gasteiger partial charge in [-0.05, 0) is 25.0 Å². The van der Waals surface area contributed by atoms with Crippen LogP contribution in [0.2, 0.25) is 0 Å². The van der Waals surface area contributed by atoms with Gasteiger partial charge in [0.2, 0.25) is 0 Å². The van der Waals surface area contributed by atoms with Crippen molar-refractivity contribution in [2.24, 2.45) is 5.92 Å². The van der Waals surface area contributed by atoms with E-state index in [0.717, 1.165) is 0 Å². The maximum absolute atomic E-state index is 12.5. The number of carboxylic acid groups (broad SMARTS) is 1. The van der Waals surface area contributed by atoms with Crippen molar-refractivity contribution in [2.45, 2.75) is 12.8 Å². The second-order valence-electron chi connectivity index (χ2n) is 5.14. The summed E-state index contributed by atoms with van der Waals surface area (Å²) in [5, 5.41) is 9.10. The highest BCUT2D eigenvalue weighted by molar-refractivity contribution is 5.93. The van der Waals surface area contributed by atoms with E-state index < -0.39 is 11.9 Å². The first-order valence-corrected chi connectivity index (χ1v) is 6.93. The van der Waals surface area contributed by atoms with Crippen LogP contribution in [0.5, 0.6) is 5.75 Å². The molecule has 0 bridgehead atoms. The van der Waals surface area contributed by atoms with Crippen LogP contribution in [0.25, 0.3) is 0 Å². The number of carboxylic acids is 1. The fourth-order valence-corrected chi connectivity index (χ4v) is 2.57. The van der Waals surface area contributed by atoms with Gasteiger partial charge in [0, 0.05) is 20.1 Å². The molecule has 114 valence electrons. The molecule has 1 fully saturated rings. The molecule has 1 aromatic carbocycles. The summed E-state index contributed by atoms with van der Waals surface area (Å²) in [4.78, 5) is 26.7. The molecule has 1 atom stereocenters. The Kier molecular flexibility index (Phi) is 4.67. The average molecular weight is 292 g/mol. The Labute approximate surface area is 123 Å². The third-order valence-corrected chi connectivity index (χ3v) is 3.77. The Morgan fingerprint density at radius 2 is 2.10 bits per heavy atom. The topological polar surface area (TPSA) is 70.1 Å². The average Bonchev–Trinajstić information content (AvgIpc) is 2.53. The number of hydrogen-bond donors (Lipinski definition) is 1. The first-order valence-electron chi connectivity index (χ1n) is 6.93. The van der Waals surface area contributed by atoms with Gasteiger partial charge in [-0.3, -0.25) is 9.69 Å². The van der Waals surface area contributed by atoms with E-state index in [1.54, 1.807) is 31.2 Å². The number of rotatable bonds is 3. The smallest absolute Gasteiger partial charge is 0.324 e. The van der Waals surface area contributed by atoms with E-state index in [0.29, 0.717) is 30.8 Å². The van der Waals surface area contributed by atoms with E-state index in [1.807, 2.05) is 12.1 Å². The number of piperidine rings is 1. The second-order valence-corrected chi connectivity index (χ2v) is 5.14. The van der Waals surface area contributed by atoms with Crippen molar-refractivity contribution in [1.82, 2.24) is 4.90 Å². The van der Waals surface area contributed by atoms with Crippen molar-refractivity contribution >= 4 is 17.7 Å². The Bertz CT molecular complexity index is 532. The number of nitrogens with zero attached hydrogens (tertiary/aromatic N) is 2. The van der Waals surface area contributed by atoms with E-state index in [2.05, 4.69) is 0 Å². The number of carbonyl (C=O) groups excluding carboxylic acids is 1. The van der Waals surface area contributed by atoms with Gasteiger partial charge in [0.15, 0.2) is 0 Å². The molecule has 6 heteroatoms. The third kappa shape index (κ3) is 3.26. The van der Waals surface area contributed by atoms with Gasteiger partial charge in [-0.25, -0.2) is 4.79 Å². The lowest BCUT2D eigenvalue weighted by Crippen LogP contribution is -2.47. The van der Waals surface area contributed by atoms with E-state index in [-0.39, 0.29) is 12.6 Å². The Hall–Kier alpha value is -2.24. The molecule has 2 rings (SSSR count). The number of ether oxygens (including phenoxy) is 1. The van der Waals surface area contributed by atoms with Crippen LogP contribution in [-0.2, 0) is 4.79 Å². The van der Waals surface area contributed by atoms with Gasteiger partial charge >= 0.3 is 12.0 Å². The van der Waals surface area contributed by atoms with Crippen LogP contribution in [-0.4, -0.2) is 49.3 Å². The van der Waals surface area contributed by atoms with Crippen molar-refractivity contribution in [3.63, 3.8) is 0 Å². The van der Waals surface area contributed by atoms with Crippen LogP contribution in [0.3, 0.4) is 0 Å². The van der Waals surface area contributed by atoms with Crippen molar-refractivity contribution in [3.05, 3.63) is 24.3 Å². The molecule has 1 saturated heterocycles. The molecule has 1 N–H and O–H groups in total. The Morgan fingerprint density at radius 1 is 1.38 bits per heavy atom. The van der Waals surface area contributed by atoms with Crippen molar-refractivity contribution < 1.29 is 19.4 Å². The molecule has 0 aromatic heterocycles. The molecule has 1 aromatic rings. The minimum absolute atomic E-state index is 0.203. The molecule has 6 nitrogen and oxygen atoms in total. The number of likely N-dealkylation sites (tertiary alicyclic amines) is 1. The molecule has 0 unspecified atom stereocenters. The fourth-order valence-electron chi connectivity index (χ4n) is 2.57. The van der Waals surface area contributed by atoms with Crippen molar-refractivity contribution in [2.75, 3.05) is 32.1 Å². The van der Waals surface area contributed by atoms with Crippen LogP contribution in [0, 0.1) is 5.92 Å². The van der Waals surface area contributed by atoms with Gasteiger partial charge < -0.3 is 14.7 Å². The molecule has 2 amide bonds. The van der Waals surface area contributed by atoms with Crippen LogP contribution in [0.15, 0.2) is 24.3 Å². The maximum atomic E-state index is 12.5. The van der Waals surface area contributed by atoms with E-state index in [1.165, 1.54) is 4.90 Å². The normalized spacial score (nSPS) is 18.2. The number of carbonyl (C=O) groups is 2. The summed E-state index contributed by atoms with van der Waals surface area (Å²) >= 11 is 0. The standard InChI is InChI=1S/C15H20N2O4/c1-16(12-7-3-4-8-13(12)21-2)15(20)17-9-5-6-11(10-17)14(18)19/h3-4,7-8,11H,5-6,9-10H2,1-2H3,(H,18,19)/t11-/m0/s1. The number of aliphatic carboxylic acids is 1. The zero-order chi connectivity index (χ0) is 15.4. The molecule has 21 heavy (non-hydrogen) atoms. The van der Waals surface area contributed by atoms with Gasteiger partial charge in [0.1, 0.15) is 5.75 Å². The maximum Gasteiger partial charge on any atom is 0.324 e. The third-order valence-electron chi connectivity index (χ3n) is 3.77. The number of benzene rings is 1. The highest BCUT2D eigenvalue weighted by Gasteiger charge is 2.30. The summed E-state index contributed by atoms with van der Waals surface area (Å²) in [6.07, 6.45) is 1.33. The number of hydrogen-bond acceptors (Lipinski definition) is 3. The van der Waals surface area contributed by atoms with E-state index >= 15 is 0 Å². The van der Waals surface area contributed by atoms with E-state index in [4.69, 9.17) is 9.84 Å². The van der Waals surface area contributed by atoms with E-state index in [9.17, 15) is 9.59 Å². The quantitative estimate of drug-likeness (QED) is 0.925. The molecule has 1 aliphatic rings. The number of anilines is 1. The zero-order valence-corrected chi connectivity index (χ0v) is 12.3. The van der Waals surface area contributed by atoms with Gasteiger partial charge in [-0.2, -0.15) is 0 Å². The van der Waals surface area contributed by atoms with Gasteiger partial charge in [-0.1, -0.05) is 12.1 Å². The van der Waals surface area contributed by atoms with Gasteiger partial charge in [-0.15, -0.1) is 0 Å². The summed E-state index contributed by atoms with van der Waals surface area (Å²) in [6.45, 7) is 0.843. The predicted octanol–water partition coefficient (Wildman–Crippen LogP) is 2.05. The SMILES string of the molecule is COc1ccccc1N(C)C(=O)N1CCC[C@H](C(=O)O)C1. The molecule has 1 heterocycles. The minimum Gasteiger partial charge on any atom is -0.495 e. The van der Waals surface area contributed by atoms with Gasteiger partial charge in [0.25, 0.3) is 0 Å². The number of urea groups is 1. The van der Waals surface area contributed by atoms with Crippen LogP contribution in [0.4, 0.5) is 10.5 Å². The summed E-state index contributed by atoms with van der Waals surface area (Å²) < 4.78 is 5.26. The minimum atomic E-state index is -0.840. The molecule has 0 spiro atoms.